The maximum atomic E-state index is 12.5. The van der Waals surface area contributed by atoms with Gasteiger partial charge in [0.15, 0.2) is 0 Å². The van der Waals surface area contributed by atoms with E-state index in [-0.39, 0.29) is 22.9 Å². The van der Waals surface area contributed by atoms with Crippen molar-refractivity contribution in [2.45, 2.75) is 25.3 Å². The lowest BCUT2D eigenvalue weighted by molar-refractivity contribution is 0.102. The number of hydrogen-bond donors (Lipinski definition) is 2. The zero-order valence-electron chi connectivity index (χ0n) is 15.0. The van der Waals surface area contributed by atoms with Crippen molar-refractivity contribution >= 4 is 33.0 Å². The highest BCUT2D eigenvalue weighted by Crippen LogP contribution is 2.17. The molecule has 0 radical (unpaired) electrons. The minimum atomic E-state index is -3.70. The molecule has 7 heteroatoms. The average molecular weight is 401 g/mol. The van der Waals surface area contributed by atoms with E-state index in [1.54, 1.807) is 12.1 Å². The van der Waals surface area contributed by atoms with Gasteiger partial charge in [-0.3, -0.25) is 4.79 Å². The topological polar surface area (TPSA) is 75.3 Å². The lowest BCUT2D eigenvalue weighted by atomic mass is 10.1. The van der Waals surface area contributed by atoms with Crippen LogP contribution in [-0.2, 0) is 16.6 Å². The van der Waals surface area contributed by atoms with E-state index in [0.717, 1.165) is 16.0 Å². The number of sulfonamides is 1. The molecule has 1 aromatic heterocycles. The summed E-state index contributed by atoms with van der Waals surface area (Å²) in [5, 5.41) is 4.70. The molecule has 3 aromatic rings. The van der Waals surface area contributed by atoms with Gasteiger partial charge >= 0.3 is 0 Å². The Morgan fingerprint density at radius 2 is 1.81 bits per heavy atom. The molecule has 27 heavy (non-hydrogen) atoms. The number of rotatable bonds is 6. The molecule has 2 N–H and O–H groups in total. The smallest absolute Gasteiger partial charge is 0.255 e. The van der Waals surface area contributed by atoms with Crippen LogP contribution in [-0.4, -0.2) is 14.3 Å². The Morgan fingerprint density at radius 3 is 2.52 bits per heavy atom. The molecule has 0 spiro atoms. The predicted octanol–water partition coefficient (Wildman–Crippen LogP) is 4.10. The SMILES string of the molecule is Cc1ccc(NC(=O)c2cccc(S(=O)(=O)NCc3cccs3)c2)cc1C. The summed E-state index contributed by atoms with van der Waals surface area (Å²) in [6, 6.07) is 15.4. The van der Waals surface area contributed by atoms with Gasteiger partial charge in [-0.25, -0.2) is 13.1 Å². The van der Waals surface area contributed by atoms with Gasteiger partial charge < -0.3 is 5.32 Å². The van der Waals surface area contributed by atoms with Crippen molar-refractivity contribution in [1.29, 1.82) is 0 Å². The number of nitrogens with one attached hydrogen (secondary N) is 2. The largest absolute Gasteiger partial charge is 0.322 e. The van der Waals surface area contributed by atoms with Crippen LogP contribution >= 0.6 is 11.3 Å². The molecule has 0 bridgehead atoms. The molecule has 3 rings (SSSR count). The molecular weight excluding hydrogens is 380 g/mol. The van der Waals surface area contributed by atoms with E-state index in [4.69, 9.17) is 0 Å². The third-order valence-corrected chi connectivity index (χ3v) is 6.46. The van der Waals surface area contributed by atoms with Crippen molar-refractivity contribution in [3.8, 4) is 0 Å². The normalized spacial score (nSPS) is 11.3. The van der Waals surface area contributed by atoms with E-state index < -0.39 is 10.0 Å². The maximum absolute atomic E-state index is 12.5. The fourth-order valence-electron chi connectivity index (χ4n) is 2.49. The van der Waals surface area contributed by atoms with Crippen molar-refractivity contribution in [1.82, 2.24) is 4.72 Å². The first-order valence-electron chi connectivity index (χ1n) is 8.36. The summed E-state index contributed by atoms with van der Waals surface area (Å²) in [6.45, 7) is 4.19. The summed E-state index contributed by atoms with van der Waals surface area (Å²) < 4.78 is 27.6. The van der Waals surface area contributed by atoms with Crippen LogP contribution in [0, 0.1) is 13.8 Å². The minimum absolute atomic E-state index is 0.0618. The van der Waals surface area contributed by atoms with Crippen LogP contribution in [0.2, 0.25) is 0 Å². The van der Waals surface area contributed by atoms with E-state index in [0.29, 0.717) is 5.69 Å². The van der Waals surface area contributed by atoms with E-state index >= 15 is 0 Å². The van der Waals surface area contributed by atoms with Crippen LogP contribution in [0.3, 0.4) is 0 Å². The van der Waals surface area contributed by atoms with Crippen molar-refractivity contribution < 1.29 is 13.2 Å². The van der Waals surface area contributed by atoms with Crippen LogP contribution in [0.4, 0.5) is 5.69 Å². The van der Waals surface area contributed by atoms with Crippen LogP contribution in [0.25, 0.3) is 0 Å². The van der Waals surface area contributed by atoms with Gasteiger partial charge in [0.2, 0.25) is 10.0 Å². The Labute approximate surface area is 163 Å². The van der Waals surface area contributed by atoms with Crippen LogP contribution < -0.4 is 10.0 Å². The van der Waals surface area contributed by atoms with Gasteiger partial charge in [-0.05, 0) is 66.8 Å². The Balaban J connectivity index is 1.75. The van der Waals surface area contributed by atoms with E-state index in [2.05, 4.69) is 10.0 Å². The molecular formula is C20H20N2O3S2. The standard InChI is InChI=1S/C20H20N2O3S2/c1-14-8-9-17(11-15(14)2)22-20(23)16-5-3-7-19(12-16)27(24,25)21-13-18-6-4-10-26-18/h3-12,21H,13H2,1-2H3,(H,22,23). The Bertz CT molecular complexity index is 1060. The van der Waals surface area contributed by atoms with Gasteiger partial charge in [-0.15, -0.1) is 11.3 Å². The summed E-state index contributed by atoms with van der Waals surface area (Å²) in [4.78, 5) is 13.5. The fraction of sp³-hybridized carbons (Fsp3) is 0.150. The quantitative estimate of drug-likeness (QED) is 0.654. The van der Waals surface area contributed by atoms with Gasteiger partial charge in [-0.2, -0.15) is 0 Å². The van der Waals surface area contributed by atoms with Gasteiger partial charge in [0, 0.05) is 22.7 Å². The Kier molecular flexibility index (Phi) is 5.74. The van der Waals surface area contributed by atoms with Crippen molar-refractivity contribution in [3.05, 3.63) is 81.5 Å². The molecule has 0 aliphatic rings. The Morgan fingerprint density at radius 1 is 1.00 bits per heavy atom. The first-order chi connectivity index (χ1) is 12.8. The number of hydrogen-bond acceptors (Lipinski definition) is 4. The van der Waals surface area contributed by atoms with Gasteiger partial charge in [0.05, 0.1) is 4.90 Å². The molecule has 140 valence electrons. The van der Waals surface area contributed by atoms with Gasteiger partial charge in [0.25, 0.3) is 5.91 Å². The van der Waals surface area contributed by atoms with Gasteiger partial charge in [-0.1, -0.05) is 18.2 Å². The van der Waals surface area contributed by atoms with Crippen LogP contribution in [0.15, 0.2) is 64.9 Å². The highest BCUT2D eigenvalue weighted by molar-refractivity contribution is 7.89. The molecule has 0 atom stereocenters. The molecule has 0 saturated carbocycles. The fourth-order valence-corrected chi connectivity index (χ4v) is 4.28. The molecule has 0 fully saturated rings. The summed E-state index contributed by atoms with van der Waals surface area (Å²) in [5.41, 5.74) is 3.17. The maximum Gasteiger partial charge on any atom is 0.255 e. The number of aryl methyl sites for hydroxylation is 2. The monoisotopic (exact) mass is 400 g/mol. The first kappa shape index (κ1) is 19.3. The molecule has 0 unspecified atom stereocenters. The number of amides is 1. The molecule has 1 amide bonds. The number of benzene rings is 2. The highest BCUT2D eigenvalue weighted by Gasteiger charge is 2.16. The zero-order chi connectivity index (χ0) is 19.4. The number of carbonyl (C=O) groups is 1. The summed E-state index contributed by atoms with van der Waals surface area (Å²) in [7, 11) is -3.70. The molecule has 2 aromatic carbocycles. The highest BCUT2D eigenvalue weighted by atomic mass is 32.2. The van der Waals surface area contributed by atoms with E-state index in [9.17, 15) is 13.2 Å². The lowest BCUT2D eigenvalue weighted by Crippen LogP contribution is -2.23. The second kappa shape index (κ2) is 8.04. The molecule has 0 saturated heterocycles. The predicted molar refractivity (Wildman–Crippen MR) is 109 cm³/mol. The van der Waals surface area contributed by atoms with E-state index in [1.807, 2.05) is 49.6 Å². The van der Waals surface area contributed by atoms with Crippen LogP contribution in [0.1, 0.15) is 26.4 Å². The molecule has 0 aliphatic carbocycles. The average Bonchev–Trinajstić information content (AvgIpc) is 3.17. The Hall–Kier alpha value is -2.48. The lowest BCUT2D eigenvalue weighted by Gasteiger charge is -2.10. The van der Waals surface area contributed by atoms with Crippen molar-refractivity contribution in [2.24, 2.45) is 0 Å². The number of anilines is 1. The van der Waals surface area contributed by atoms with Gasteiger partial charge in [0.1, 0.15) is 0 Å². The molecule has 5 nitrogen and oxygen atoms in total. The third kappa shape index (κ3) is 4.82. The van der Waals surface area contributed by atoms with Crippen LogP contribution in [0.5, 0.6) is 0 Å². The number of thiophene rings is 1. The number of carbonyl (C=O) groups excluding carboxylic acids is 1. The summed E-state index contributed by atoms with van der Waals surface area (Å²) >= 11 is 1.48. The molecule has 0 aliphatic heterocycles. The van der Waals surface area contributed by atoms with Crippen molar-refractivity contribution in [2.75, 3.05) is 5.32 Å². The first-order valence-corrected chi connectivity index (χ1v) is 10.7. The minimum Gasteiger partial charge on any atom is -0.322 e. The zero-order valence-corrected chi connectivity index (χ0v) is 16.7. The van der Waals surface area contributed by atoms with Crippen molar-refractivity contribution in [3.63, 3.8) is 0 Å². The third-order valence-electron chi connectivity index (χ3n) is 4.19. The second-order valence-electron chi connectivity index (χ2n) is 6.18. The van der Waals surface area contributed by atoms with E-state index in [1.165, 1.54) is 23.5 Å². The molecule has 1 heterocycles. The summed E-state index contributed by atoms with van der Waals surface area (Å²) in [5.74, 6) is -0.353. The summed E-state index contributed by atoms with van der Waals surface area (Å²) in [6.07, 6.45) is 0. The second-order valence-corrected chi connectivity index (χ2v) is 8.98.